The van der Waals surface area contributed by atoms with Crippen molar-refractivity contribution in [3.8, 4) is 0 Å². The van der Waals surface area contributed by atoms with Crippen molar-refractivity contribution in [2.75, 3.05) is 18.0 Å². The van der Waals surface area contributed by atoms with Crippen LogP contribution in [0.1, 0.15) is 18.4 Å². The number of nitrogens with one attached hydrogen (secondary N) is 1. The molecule has 1 aliphatic heterocycles. The molecule has 0 saturated carbocycles. The highest BCUT2D eigenvalue weighted by atomic mass is 16.3. The van der Waals surface area contributed by atoms with Crippen molar-refractivity contribution < 1.29 is 5.11 Å². The Balaban J connectivity index is 2.11. The van der Waals surface area contributed by atoms with Crippen LogP contribution in [0.3, 0.4) is 0 Å². The number of para-hydroxylation sites is 1. The first-order chi connectivity index (χ1) is 9.65. The number of anilines is 1. The van der Waals surface area contributed by atoms with Crippen molar-refractivity contribution in [2.24, 2.45) is 5.73 Å². The van der Waals surface area contributed by atoms with Crippen LogP contribution in [-0.2, 0) is 0 Å². The Hall–Kier alpha value is -2.14. The third-order valence-corrected chi connectivity index (χ3v) is 3.69. The lowest BCUT2D eigenvalue weighted by Crippen LogP contribution is -2.39. The van der Waals surface area contributed by atoms with Crippen molar-refractivity contribution in [3.05, 3.63) is 35.9 Å². The van der Waals surface area contributed by atoms with Gasteiger partial charge in [0.15, 0.2) is 0 Å². The highest BCUT2D eigenvalue weighted by Gasteiger charge is 2.22. The van der Waals surface area contributed by atoms with Gasteiger partial charge in [-0.3, -0.25) is 5.41 Å². The summed E-state index contributed by atoms with van der Waals surface area (Å²) in [6.07, 6.45) is 1.41. The van der Waals surface area contributed by atoms with E-state index in [2.05, 4.69) is 4.98 Å². The van der Waals surface area contributed by atoms with Gasteiger partial charge in [-0.25, -0.2) is 4.98 Å². The maximum atomic E-state index is 9.83. The second kappa shape index (κ2) is 5.09. The number of amidine groups is 1. The van der Waals surface area contributed by atoms with Gasteiger partial charge in [-0.2, -0.15) is 0 Å². The van der Waals surface area contributed by atoms with Crippen molar-refractivity contribution in [3.63, 3.8) is 0 Å². The largest absolute Gasteiger partial charge is 0.391 e. The van der Waals surface area contributed by atoms with Crippen LogP contribution in [0.2, 0.25) is 0 Å². The summed E-state index contributed by atoms with van der Waals surface area (Å²) in [4.78, 5) is 6.67. The maximum Gasteiger partial charge on any atom is 0.140 e. The number of aliphatic hydroxyl groups is 1. The molecule has 1 fully saturated rings. The average Bonchev–Trinajstić information content (AvgIpc) is 2.46. The molecule has 2 heterocycles. The van der Waals surface area contributed by atoms with E-state index in [1.54, 1.807) is 0 Å². The van der Waals surface area contributed by atoms with Gasteiger partial charge in [0.25, 0.3) is 0 Å². The number of β-amino-alcohol motifs (C(OH)–C–C–N with tert-alkyl or cyclic N) is 1. The second-order valence-corrected chi connectivity index (χ2v) is 5.21. The lowest BCUT2D eigenvalue weighted by molar-refractivity contribution is 0.154. The number of aromatic nitrogens is 1. The van der Waals surface area contributed by atoms with Gasteiger partial charge in [0, 0.05) is 18.5 Å². The minimum Gasteiger partial charge on any atom is -0.391 e. The average molecular weight is 270 g/mol. The Morgan fingerprint density at radius 3 is 2.95 bits per heavy atom. The quantitative estimate of drug-likeness (QED) is 0.570. The van der Waals surface area contributed by atoms with E-state index in [1.165, 1.54) is 0 Å². The fourth-order valence-corrected chi connectivity index (χ4v) is 2.69. The number of nitrogens with zero attached hydrogens (tertiary/aromatic N) is 2. The van der Waals surface area contributed by atoms with Crippen LogP contribution in [0.25, 0.3) is 10.9 Å². The van der Waals surface area contributed by atoms with Crippen LogP contribution < -0.4 is 10.6 Å². The van der Waals surface area contributed by atoms with E-state index < -0.39 is 0 Å². The summed E-state index contributed by atoms with van der Waals surface area (Å²) in [5, 5.41) is 18.6. The fraction of sp³-hybridized carbons (Fsp3) is 0.333. The molecule has 0 amide bonds. The molecule has 104 valence electrons. The molecule has 0 spiro atoms. The standard InChI is InChI=1S/C15H18N4O/c16-14(17)12-8-10-4-1-2-6-13(10)18-15(12)19-7-3-5-11(20)9-19/h1-2,4,6,8,11,20H,3,5,7,9H2,(H3,16,17). The van der Waals surface area contributed by atoms with Crippen LogP contribution in [0, 0.1) is 5.41 Å². The van der Waals surface area contributed by atoms with Gasteiger partial charge >= 0.3 is 0 Å². The summed E-state index contributed by atoms with van der Waals surface area (Å²) in [7, 11) is 0. The SMILES string of the molecule is N=C(N)c1cc2ccccc2nc1N1CCCC(O)C1. The maximum absolute atomic E-state index is 9.83. The molecule has 1 aromatic heterocycles. The predicted octanol–water partition coefficient (Wildman–Crippen LogP) is 1.48. The Morgan fingerprint density at radius 2 is 2.20 bits per heavy atom. The second-order valence-electron chi connectivity index (χ2n) is 5.21. The summed E-state index contributed by atoms with van der Waals surface area (Å²) in [6.45, 7) is 1.38. The molecule has 0 bridgehead atoms. The van der Waals surface area contributed by atoms with Crippen LogP contribution in [0.15, 0.2) is 30.3 Å². The number of nitrogens with two attached hydrogens (primary N) is 1. The van der Waals surface area contributed by atoms with Crippen molar-refractivity contribution >= 4 is 22.6 Å². The Labute approximate surface area is 117 Å². The number of pyridine rings is 1. The smallest absolute Gasteiger partial charge is 0.140 e. The summed E-state index contributed by atoms with van der Waals surface area (Å²) in [5.74, 6) is 0.716. The van der Waals surface area contributed by atoms with Gasteiger partial charge in [-0.05, 0) is 25.0 Å². The molecule has 4 N–H and O–H groups in total. The van der Waals surface area contributed by atoms with Crippen LogP contribution in [-0.4, -0.2) is 35.1 Å². The topological polar surface area (TPSA) is 86.2 Å². The summed E-state index contributed by atoms with van der Waals surface area (Å²) in [5.41, 5.74) is 7.22. The number of piperidine rings is 1. The first kappa shape index (κ1) is 12.9. The van der Waals surface area contributed by atoms with E-state index in [9.17, 15) is 5.11 Å². The van der Waals surface area contributed by atoms with E-state index in [0.29, 0.717) is 17.9 Å². The molecule has 1 aromatic carbocycles. The molecule has 5 nitrogen and oxygen atoms in total. The van der Waals surface area contributed by atoms with Crippen LogP contribution in [0.5, 0.6) is 0 Å². The van der Waals surface area contributed by atoms with Crippen molar-refractivity contribution in [2.45, 2.75) is 18.9 Å². The van der Waals surface area contributed by atoms with E-state index >= 15 is 0 Å². The van der Waals surface area contributed by atoms with E-state index in [4.69, 9.17) is 11.1 Å². The highest BCUT2D eigenvalue weighted by Crippen LogP contribution is 2.26. The number of hydrogen-bond acceptors (Lipinski definition) is 4. The number of fused-ring (bicyclic) bond motifs is 1. The van der Waals surface area contributed by atoms with Gasteiger partial charge in [-0.1, -0.05) is 18.2 Å². The molecule has 5 heteroatoms. The molecule has 2 aromatic rings. The molecule has 1 atom stereocenters. The minimum atomic E-state index is -0.336. The number of aliphatic hydroxyl groups excluding tert-OH is 1. The van der Waals surface area contributed by atoms with E-state index in [1.807, 2.05) is 35.2 Å². The Morgan fingerprint density at radius 1 is 1.40 bits per heavy atom. The number of benzene rings is 1. The zero-order valence-corrected chi connectivity index (χ0v) is 11.2. The van der Waals surface area contributed by atoms with Gasteiger partial charge < -0.3 is 15.7 Å². The fourth-order valence-electron chi connectivity index (χ4n) is 2.69. The molecule has 0 radical (unpaired) electrons. The molecule has 1 saturated heterocycles. The third kappa shape index (κ3) is 2.32. The summed E-state index contributed by atoms with van der Waals surface area (Å²) < 4.78 is 0. The normalized spacial score (nSPS) is 19.2. The molecule has 0 aliphatic carbocycles. The van der Waals surface area contributed by atoms with E-state index in [0.717, 1.165) is 30.3 Å². The number of nitrogen functional groups attached to an aromatic ring is 1. The monoisotopic (exact) mass is 270 g/mol. The number of hydrogen-bond donors (Lipinski definition) is 3. The predicted molar refractivity (Wildman–Crippen MR) is 80.2 cm³/mol. The van der Waals surface area contributed by atoms with E-state index in [-0.39, 0.29) is 11.9 Å². The Kier molecular flexibility index (Phi) is 3.28. The van der Waals surface area contributed by atoms with Gasteiger partial charge in [0.05, 0.1) is 17.2 Å². The first-order valence-corrected chi connectivity index (χ1v) is 6.82. The lowest BCUT2D eigenvalue weighted by Gasteiger charge is -2.32. The van der Waals surface area contributed by atoms with Crippen molar-refractivity contribution in [1.29, 1.82) is 5.41 Å². The molecular weight excluding hydrogens is 252 g/mol. The van der Waals surface area contributed by atoms with Crippen LogP contribution >= 0.6 is 0 Å². The molecule has 1 unspecified atom stereocenters. The first-order valence-electron chi connectivity index (χ1n) is 6.82. The number of rotatable bonds is 2. The summed E-state index contributed by atoms with van der Waals surface area (Å²) in [6, 6.07) is 9.70. The molecular formula is C15H18N4O. The minimum absolute atomic E-state index is 0.0123. The Bertz CT molecular complexity index is 655. The van der Waals surface area contributed by atoms with Crippen LogP contribution in [0.4, 0.5) is 5.82 Å². The van der Waals surface area contributed by atoms with Gasteiger partial charge in [-0.15, -0.1) is 0 Å². The van der Waals surface area contributed by atoms with Gasteiger partial charge in [0.1, 0.15) is 11.7 Å². The zero-order chi connectivity index (χ0) is 14.1. The molecule has 20 heavy (non-hydrogen) atoms. The zero-order valence-electron chi connectivity index (χ0n) is 11.2. The highest BCUT2D eigenvalue weighted by molar-refractivity contribution is 6.03. The van der Waals surface area contributed by atoms with Gasteiger partial charge in [0.2, 0.25) is 0 Å². The van der Waals surface area contributed by atoms with Crippen molar-refractivity contribution in [1.82, 2.24) is 4.98 Å². The summed E-state index contributed by atoms with van der Waals surface area (Å²) >= 11 is 0. The molecule has 1 aliphatic rings. The third-order valence-electron chi connectivity index (χ3n) is 3.69. The molecule has 3 rings (SSSR count). The lowest BCUT2D eigenvalue weighted by atomic mass is 10.1.